The third-order valence-electron chi connectivity index (χ3n) is 3.27. The van der Waals surface area contributed by atoms with Crippen LogP contribution in [0, 0.1) is 0 Å². The Kier molecular flexibility index (Phi) is 3.72. The first-order valence-electron chi connectivity index (χ1n) is 6.89. The highest BCUT2D eigenvalue weighted by Crippen LogP contribution is 2.31. The Morgan fingerprint density at radius 3 is 3.00 bits per heavy atom. The van der Waals surface area contributed by atoms with E-state index in [1.807, 2.05) is 29.6 Å². The van der Waals surface area contributed by atoms with Crippen LogP contribution in [0.2, 0.25) is 0 Å². The van der Waals surface area contributed by atoms with Crippen molar-refractivity contribution in [2.45, 2.75) is 10.8 Å². The summed E-state index contributed by atoms with van der Waals surface area (Å²) in [4.78, 5) is 24.8. The molecule has 0 aliphatic carbocycles. The zero-order valence-corrected chi connectivity index (χ0v) is 13.5. The monoisotopic (exact) mass is 341 g/mol. The molecule has 4 aromatic rings. The van der Waals surface area contributed by atoms with Crippen LogP contribution in [-0.4, -0.2) is 15.0 Å². The predicted octanol–water partition coefficient (Wildman–Crippen LogP) is 3.93. The molecule has 4 heterocycles. The lowest BCUT2D eigenvalue weighted by Gasteiger charge is -2.01. The number of aromatic nitrogens is 3. The van der Waals surface area contributed by atoms with Crippen LogP contribution in [0.4, 0.5) is 0 Å². The molecule has 0 bridgehead atoms. The van der Waals surface area contributed by atoms with Crippen molar-refractivity contribution in [3.63, 3.8) is 0 Å². The second-order valence-electron chi connectivity index (χ2n) is 4.78. The van der Waals surface area contributed by atoms with Gasteiger partial charge in [-0.1, -0.05) is 17.8 Å². The Balaban J connectivity index is 1.67. The average molecular weight is 341 g/mol. The van der Waals surface area contributed by atoms with E-state index in [2.05, 4.69) is 15.0 Å². The number of nitrogens with zero attached hydrogens (tertiary/aromatic N) is 2. The Morgan fingerprint density at radius 2 is 2.22 bits per heavy atom. The smallest absolute Gasteiger partial charge is 0.260 e. The number of thioether (sulfide) groups is 1. The van der Waals surface area contributed by atoms with Crippen molar-refractivity contribution in [1.82, 2.24) is 15.0 Å². The number of H-pyrrole nitrogens is 1. The normalized spacial score (nSPS) is 11.1. The average Bonchev–Trinajstić information content (AvgIpc) is 3.23. The molecule has 114 valence electrons. The molecule has 4 aromatic heterocycles. The minimum atomic E-state index is -0.140. The highest BCUT2D eigenvalue weighted by atomic mass is 32.2. The maximum absolute atomic E-state index is 12.4. The van der Waals surface area contributed by atoms with E-state index in [9.17, 15) is 4.79 Å². The molecular formula is C16H11N3O2S2. The highest BCUT2D eigenvalue weighted by molar-refractivity contribution is 7.98. The number of pyridine rings is 1. The molecule has 23 heavy (non-hydrogen) atoms. The van der Waals surface area contributed by atoms with E-state index in [0.29, 0.717) is 22.7 Å². The molecule has 7 heteroatoms. The molecule has 0 spiro atoms. The number of hydrogen-bond acceptors (Lipinski definition) is 6. The molecule has 0 amide bonds. The Bertz CT molecular complexity index is 991. The quantitative estimate of drug-likeness (QED) is 0.569. The van der Waals surface area contributed by atoms with Gasteiger partial charge in [0.25, 0.3) is 5.56 Å². The minimum Gasteiger partial charge on any atom is -0.464 e. The van der Waals surface area contributed by atoms with Gasteiger partial charge in [0, 0.05) is 17.1 Å². The third-order valence-corrected chi connectivity index (χ3v) is 5.10. The van der Waals surface area contributed by atoms with Crippen molar-refractivity contribution in [1.29, 1.82) is 0 Å². The van der Waals surface area contributed by atoms with Crippen LogP contribution in [0.1, 0.15) is 5.82 Å². The van der Waals surface area contributed by atoms with Gasteiger partial charge in [-0.15, -0.1) is 11.3 Å². The van der Waals surface area contributed by atoms with Gasteiger partial charge in [0.15, 0.2) is 0 Å². The molecule has 0 saturated carbocycles. The van der Waals surface area contributed by atoms with E-state index < -0.39 is 0 Å². The summed E-state index contributed by atoms with van der Waals surface area (Å²) in [6.07, 6.45) is 3.34. The van der Waals surface area contributed by atoms with Gasteiger partial charge < -0.3 is 9.40 Å². The molecule has 0 aromatic carbocycles. The number of aromatic amines is 1. The van der Waals surface area contributed by atoms with E-state index in [4.69, 9.17) is 4.42 Å². The fraction of sp³-hybridized carbons (Fsp3) is 0.0625. The lowest BCUT2D eigenvalue weighted by molar-refractivity contribution is 0.583. The van der Waals surface area contributed by atoms with Gasteiger partial charge in [-0.2, -0.15) is 0 Å². The zero-order valence-electron chi connectivity index (χ0n) is 11.9. The van der Waals surface area contributed by atoms with Gasteiger partial charge in [-0.25, -0.2) is 9.97 Å². The van der Waals surface area contributed by atoms with Crippen molar-refractivity contribution in [2.24, 2.45) is 0 Å². The highest BCUT2D eigenvalue weighted by Gasteiger charge is 2.14. The molecule has 4 rings (SSSR count). The summed E-state index contributed by atoms with van der Waals surface area (Å²) >= 11 is 2.98. The fourth-order valence-corrected chi connectivity index (χ4v) is 3.93. The summed E-state index contributed by atoms with van der Waals surface area (Å²) in [6, 6.07) is 9.38. The standard InChI is InChI=1S/C16H11N3O2S2/c20-15-14-10(11-4-3-7-21-11)8-23-16(14)19-12(18-15)9-22-13-5-1-2-6-17-13/h1-8H,9H2,(H,18,19,20). The lowest BCUT2D eigenvalue weighted by atomic mass is 10.2. The summed E-state index contributed by atoms with van der Waals surface area (Å²) in [7, 11) is 0. The Labute approximate surface area is 139 Å². The molecule has 0 aliphatic heterocycles. The minimum absolute atomic E-state index is 0.140. The third kappa shape index (κ3) is 2.80. The summed E-state index contributed by atoms with van der Waals surface area (Å²) in [5.74, 6) is 1.89. The molecule has 0 fully saturated rings. The van der Waals surface area contributed by atoms with Gasteiger partial charge in [0.05, 0.1) is 22.4 Å². The van der Waals surface area contributed by atoms with E-state index in [0.717, 1.165) is 15.4 Å². The van der Waals surface area contributed by atoms with Gasteiger partial charge in [0.2, 0.25) is 0 Å². The van der Waals surface area contributed by atoms with Crippen LogP contribution in [0.5, 0.6) is 0 Å². The molecule has 0 aliphatic rings. The number of fused-ring (bicyclic) bond motifs is 1. The second-order valence-corrected chi connectivity index (χ2v) is 6.63. The number of rotatable bonds is 4. The van der Waals surface area contributed by atoms with Gasteiger partial charge in [0.1, 0.15) is 16.4 Å². The second kappa shape index (κ2) is 6.02. The van der Waals surface area contributed by atoms with Crippen LogP contribution in [0.3, 0.4) is 0 Å². The van der Waals surface area contributed by atoms with Crippen LogP contribution in [0.25, 0.3) is 21.5 Å². The Morgan fingerprint density at radius 1 is 1.26 bits per heavy atom. The van der Waals surface area contributed by atoms with Crippen molar-refractivity contribution in [3.05, 3.63) is 64.4 Å². The summed E-state index contributed by atoms with van der Waals surface area (Å²) in [6.45, 7) is 0. The molecule has 0 radical (unpaired) electrons. The molecule has 5 nitrogen and oxygen atoms in total. The SMILES string of the molecule is O=c1[nH]c(CSc2ccccn2)nc2scc(-c3ccco3)c12. The topological polar surface area (TPSA) is 71.8 Å². The van der Waals surface area contributed by atoms with Crippen molar-refractivity contribution in [3.8, 4) is 11.3 Å². The summed E-state index contributed by atoms with van der Waals surface area (Å²) in [5.41, 5.74) is 0.645. The van der Waals surface area contributed by atoms with Crippen molar-refractivity contribution >= 4 is 33.3 Å². The maximum Gasteiger partial charge on any atom is 0.260 e. The van der Waals surface area contributed by atoms with Gasteiger partial charge in [-0.3, -0.25) is 4.79 Å². The van der Waals surface area contributed by atoms with Crippen molar-refractivity contribution in [2.75, 3.05) is 0 Å². The first kappa shape index (κ1) is 14.2. The molecular weight excluding hydrogens is 330 g/mol. The van der Waals surface area contributed by atoms with Crippen molar-refractivity contribution < 1.29 is 4.42 Å². The lowest BCUT2D eigenvalue weighted by Crippen LogP contribution is -2.10. The zero-order chi connectivity index (χ0) is 15.6. The maximum atomic E-state index is 12.4. The van der Waals surface area contributed by atoms with Gasteiger partial charge >= 0.3 is 0 Å². The first-order chi connectivity index (χ1) is 11.3. The van der Waals surface area contributed by atoms with E-state index in [1.54, 1.807) is 18.5 Å². The van der Waals surface area contributed by atoms with E-state index >= 15 is 0 Å². The van der Waals surface area contributed by atoms with Gasteiger partial charge in [-0.05, 0) is 24.3 Å². The van der Waals surface area contributed by atoms with Crippen LogP contribution < -0.4 is 5.56 Å². The fourth-order valence-electron chi connectivity index (χ4n) is 2.25. The summed E-state index contributed by atoms with van der Waals surface area (Å²) in [5, 5.41) is 3.38. The summed E-state index contributed by atoms with van der Waals surface area (Å²) < 4.78 is 5.39. The first-order valence-corrected chi connectivity index (χ1v) is 8.76. The molecule has 0 unspecified atom stereocenters. The van der Waals surface area contributed by atoms with Crippen LogP contribution >= 0.6 is 23.1 Å². The van der Waals surface area contributed by atoms with Crippen LogP contribution in [0.15, 0.2) is 62.4 Å². The molecule has 0 saturated heterocycles. The Hall–Kier alpha value is -2.38. The van der Waals surface area contributed by atoms with Crippen LogP contribution in [-0.2, 0) is 5.75 Å². The predicted molar refractivity (Wildman–Crippen MR) is 91.7 cm³/mol. The molecule has 0 atom stereocenters. The van der Waals surface area contributed by atoms with E-state index in [1.165, 1.54) is 23.1 Å². The number of furan rings is 1. The largest absolute Gasteiger partial charge is 0.464 e. The number of nitrogens with one attached hydrogen (secondary N) is 1. The number of thiophene rings is 1. The molecule has 1 N–H and O–H groups in total. The van der Waals surface area contributed by atoms with E-state index in [-0.39, 0.29) is 5.56 Å². The number of hydrogen-bond donors (Lipinski definition) is 1.